The van der Waals surface area contributed by atoms with Gasteiger partial charge >= 0.3 is 0 Å². The third-order valence-electron chi connectivity index (χ3n) is 4.27. The minimum atomic E-state index is -0.341. The molecule has 134 valence electrons. The first-order valence-electron chi connectivity index (χ1n) is 8.29. The molecule has 0 aliphatic carbocycles. The highest BCUT2D eigenvalue weighted by Crippen LogP contribution is 2.27. The predicted molar refractivity (Wildman–Crippen MR) is 107 cm³/mol. The summed E-state index contributed by atoms with van der Waals surface area (Å²) in [7, 11) is 1.52. The highest BCUT2D eigenvalue weighted by Gasteiger charge is 2.17. The lowest BCUT2D eigenvalue weighted by atomic mass is 10.0. The Morgan fingerprint density at radius 3 is 2.67 bits per heavy atom. The fourth-order valence-electron chi connectivity index (χ4n) is 3.00. The molecule has 0 spiro atoms. The number of benzene rings is 3. The minimum Gasteiger partial charge on any atom is -0.496 e. The molecule has 0 atom stereocenters. The Morgan fingerprint density at radius 1 is 1.07 bits per heavy atom. The van der Waals surface area contributed by atoms with Crippen LogP contribution < -0.4 is 10.2 Å². The van der Waals surface area contributed by atoms with Gasteiger partial charge in [0, 0.05) is 5.56 Å². The Morgan fingerprint density at radius 2 is 1.81 bits per heavy atom. The molecule has 0 bridgehead atoms. The molecule has 0 aliphatic heterocycles. The van der Waals surface area contributed by atoms with Gasteiger partial charge in [-0.05, 0) is 35.1 Å². The van der Waals surface area contributed by atoms with Crippen molar-refractivity contribution in [3.8, 4) is 17.1 Å². The summed E-state index contributed by atoms with van der Waals surface area (Å²) in [5, 5.41) is 9.17. The van der Waals surface area contributed by atoms with Gasteiger partial charge in [-0.25, -0.2) is 9.77 Å². The van der Waals surface area contributed by atoms with Crippen molar-refractivity contribution in [2.24, 2.45) is 0 Å². The first-order chi connectivity index (χ1) is 13.2. The van der Waals surface area contributed by atoms with Crippen LogP contribution in [-0.4, -0.2) is 27.9 Å². The fourth-order valence-corrected chi connectivity index (χ4v) is 3.17. The van der Waals surface area contributed by atoms with Crippen LogP contribution in [-0.2, 0) is 0 Å². The Kier molecular flexibility index (Phi) is 4.43. The standard InChI is InChI=1S/C20H16N4O2S/c1-26-17-12-5-4-10-16(17)19(25)23-24-18(21-22-20(24)27)15-11-6-8-13-7-2-3-9-14(13)15/h2-12H,1H3,(H,22,27)(H,23,25). The Labute approximate surface area is 160 Å². The van der Waals surface area contributed by atoms with Crippen LogP contribution in [0.2, 0.25) is 0 Å². The van der Waals surface area contributed by atoms with Gasteiger partial charge in [-0.15, -0.1) is 0 Å². The number of carbonyl (C=O) groups is 1. The summed E-state index contributed by atoms with van der Waals surface area (Å²) in [6, 6.07) is 20.9. The van der Waals surface area contributed by atoms with Crippen LogP contribution in [0.5, 0.6) is 5.75 Å². The number of amides is 1. The van der Waals surface area contributed by atoms with E-state index in [1.54, 1.807) is 24.3 Å². The molecule has 0 saturated carbocycles. The number of methoxy groups -OCH3 is 1. The van der Waals surface area contributed by atoms with Gasteiger partial charge in [0.25, 0.3) is 5.91 Å². The van der Waals surface area contributed by atoms with Crippen molar-refractivity contribution in [1.82, 2.24) is 14.9 Å². The third kappa shape index (κ3) is 3.09. The number of hydrogen-bond acceptors (Lipinski definition) is 4. The number of hydrogen-bond donors (Lipinski definition) is 2. The highest BCUT2D eigenvalue weighted by atomic mass is 32.1. The van der Waals surface area contributed by atoms with E-state index in [4.69, 9.17) is 17.0 Å². The van der Waals surface area contributed by atoms with Crippen LogP contribution in [0.4, 0.5) is 0 Å². The molecule has 0 unspecified atom stereocenters. The van der Waals surface area contributed by atoms with Crippen LogP contribution in [0.3, 0.4) is 0 Å². The second kappa shape index (κ2) is 7.05. The van der Waals surface area contributed by atoms with Gasteiger partial charge in [0.1, 0.15) is 5.75 Å². The molecular formula is C20H16N4O2S. The lowest BCUT2D eigenvalue weighted by Crippen LogP contribution is -2.24. The van der Waals surface area contributed by atoms with Gasteiger partial charge in [0.15, 0.2) is 5.82 Å². The molecule has 3 aromatic carbocycles. The smallest absolute Gasteiger partial charge is 0.273 e. The molecule has 0 fully saturated rings. The van der Waals surface area contributed by atoms with E-state index in [0.29, 0.717) is 21.9 Å². The minimum absolute atomic E-state index is 0.293. The molecule has 27 heavy (non-hydrogen) atoms. The van der Waals surface area contributed by atoms with Crippen molar-refractivity contribution in [2.45, 2.75) is 0 Å². The van der Waals surface area contributed by atoms with E-state index in [1.807, 2.05) is 42.5 Å². The van der Waals surface area contributed by atoms with Crippen LogP contribution in [0.15, 0.2) is 66.7 Å². The average Bonchev–Trinajstić information content (AvgIpc) is 3.07. The summed E-state index contributed by atoms with van der Waals surface area (Å²) in [5.74, 6) is 0.670. The summed E-state index contributed by atoms with van der Waals surface area (Å²) < 4.78 is 7.04. The molecule has 6 nitrogen and oxygen atoms in total. The van der Waals surface area contributed by atoms with Crippen molar-refractivity contribution in [2.75, 3.05) is 12.5 Å². The number of nitrogens with zero attached hydrogens (tertiary/aromatic N) is 2. The topological polar surface area (TPSA) is 71.9 Å². The Balaban J connectivity index is 1.79. The zero-order chi connectivity index (χ0) is 18.8. The Bertz CT molecular complexity index is 1190. The fraction of sp³-hybridized carbons (Fsp3) is 0.0500. The van der Waals surface area contributed by atoms with E-state index in [2.05, 4.69) is 15.6 Å². The number of fused-ring (bicyclic) bond motifs is 1. The maximum Gasteiger partial charge on any atom is 0.273 e. The van der Waals surface area contributed by atoms with E-state index >= 15 is 0 Å². The summed E-state index contributed by atoms with van der Waals surface area (Å²) in [6.07, 6.45) is 0. The van der Waals surface area contributed by atoms with E-state index in [0.717, 1.165) is 16.3 Å². The van der Waals surface area contributed by atoms with Crippen LogP contribution >= 0.6 is 12.2 Å². The lowest BCUT2D eigenvalue weighted by Gasteiger charge is -2.12. The van der Waals surface area contributed by atoms with Crippen molar-refractivity contribution >= 4 is 28.9 Å². The van der Waals surface area contributed by atoms with Gasteiger partial charge in [-0.1, -0.05) is 54.6 Å². The van der Waals surface area contributed by atoms with Crippen LogP contribution in [0.25, 0.3) is 22.2 Å². The van der Waals surface area contributed by atoms with E-state index < -0.39 is 0 Å². The summed E-state index contributed by atoms with van der Waals surface area (Å²) in [4.78, 5) is 12.8. The average molecular weight is 376 g/mol. The normalized spacial score (nSPS) is 10.7. The molecule has 1 heterocycles. The van der Waals surface area contributed by atoms with Crippen molar-refractivity contribution < 1.29 is 9.53 Å². The molecule has 1 aromatic heterocycles. The number of nitrogens with one attached hydrogen (secondary N) is 2. The predicted octanol–water partition coefficient (Wildman–Crippen LogP) is 4.15. The van der Waals surface area contributed by atoms with Gasteiger partial charge in [-0.2, -0.15) is 5.10 Å². The summed E-state index contributed by atoms with van der Waals surface area (Å²) in [5.41, 5.74) is 4.08. The van der Waals surface area contributed by atoms with E-state index in [1.165, 1.54) is 11.8 Å². The SMILES string of the molecule is COc1ccccc1C(=O)Nn1c(-c2cccc3ccccc23)n[nH]c1=S. The molecule has 1 amide bonds. The van der Waals surface area contributed by atoms with Gasteiger partial charge in [0.05, 0.1) is 12.7 Å². The molecule has 0 saturated heterocycles. The molecular weight excluding hydrogens is 360 g/mol. The van der Waals surface area contributed by atoms with Crippen molar-refractivity contribution in [3.63, 3.8) is 0 Å². The monoisotopic (exact) mass is 376 g/mol. The number of aromatic nitrogens is 3. The van der Waals surface area contributed by atoms with Crippen LogP contribution in [0, 0.1) is 4.77 Å². The van der Waals surface area contributed by atoms with E-state index in [9.17, 15) is 4.79 Å². The zero-order valence-corrected chi connectivity index (χ0v) is 15.3. The maximum atomic E-state index is 12.8. The van der Waals surface area contributed by atoms with Crippen molar-refractivity contribution in [3.05, 3.63) is 77.1 Å². The third-order valence-corrected chi connectivity index (χ3v) is 4.54. The second-order valence-electron chi connectivity index (χ2n) is 5.86. The van der Waals surface area contributed by atoms with Gasteiger partial charge in [-0.3, -0.25) is 10.2 Å². The number of para-hydroxylation sites is 1. The maximum absolute atomic E-state index is 12.8. The highest BCUT2D eigenvalue weighted by molar-refractivity contribution is 7.71. The molecule has 0 radical (unpaired) electrons. The summed E-state index contributed by atoms with van der Waals surface area (Å²) >= 11 is 5.32. The van der Waals surface area contributed by atoms with Gasteiger partial charge in [0.2, 0.25) is 4.77 Å². The number of H-pyrrole nitrogens is 1. The lowest BCUT2D eigenvalue weighted by molar-refractivity contribution is 0.100. The number of rotatable bonds is 4. The molecule has 4 aromatic rings. The first kappa shape index (κ1) is 17.0. The largest absolute Gasteiger partial charge is 0.496 e. The molecule has 2 N–H and O–H groups in total. The van der Waals surface area contributed by atoms with Crippen molar-refractivity contribution in [1.29, 1.82) is 0 Å². The Hall–Kier alpha value is -3.45. The number of carbonyl (C=O) groups excluding carboxylic acids is 1. The molecule has 4 rings (SSSR count). The number of ether oxygens (including phenoxy) is 1. The quantitative estimate of drug-likeness (QED) is 0.525. The van der Waals surface area contributed by atoms with Crippen LogP contribution in [0.1, 0.15) is 10.4 Å². The van der Waals surface area contributed by atoms with E-state index in [-0.39, 0.29) is 5.91 Å². The zero-order valence-electron chi connectivity index (χ0n) is 14.5. The molecule has 7 heteroatoms. The summed E-state index contributed by atoms with van der Waals surface area (Å²) in [6.45, 7) is 0. The number of aromatic amines is 1. The first-order valence-corrected chi connectivity index (χ1v) is 8.70. The van der Waals surface area contributed by atoms with Gasteiger partial charge < -0.3 is 4.74 Å². The molecule has 0 aliphatic rings. The second-order valence-corrected chi connectivity index (χ2v) is 6.24.